The zero-order valence-electron chi connectivity index (χ0n) is 15.0. The van der Waals surface area contributed by atoms with Crippen molar-refractivity contribution in [2.45, 2.75) is 26.1 Å². The molecule has 0 radical (unpaired) electrons. The Morgan fingerprint density at radius 3 is 2.07 bits per heavy atom. The smallest absolute Gasteiger partial charge is 0.402 e. The Morgan fingerprint density at radius 2 is 1.52 bits per heavy atom. The highest BCUT2D eigenvalue weighted by molar-refractivity contribution is 6.32. The minimum atomic E-state index is -2.04. The second-order valence-electron chi connectivity index (χ2n) is 6.07. The van der Waals surface area contributed by atoms with E-state index in [1.54, 1.807) is 0 Å². The van der Waals surface area contributed by atoms with Crippen molar-refractivity contribution < 1.29 is 24.3 Å². The van der Waals surface area contributed by atoms with E-state index >= 15 is 0 Å². The van der Waals surface area contributed by atoms with Gasteiger partial charge >= 0.3 is 7.32 Å². The lowest BCUT2D eigenvalue weighted by Gasteiger charge is -2.21. The van der Waals surface area contributed by atoms with Crippen LogP contribution in [0, 0.1) is 5.92 Å². The Balaban J connectivity index is 1.91. The summed E-state index contributed by atoms with van der Waals surface area (Å²) < 4.78 is 4.93. The topological polar surface area (TPSA) is 108 Å². The van der Waals surface area contributed by atoms with Crippen molar-refractivity contribution in [1.29, 1.82) is 0 Å². The van der Waals surface area contributed by atoms with Crippen molar-refractivity contribution in [2.75, 3.05) is 0 Å². The van der Waals surface area contributed by atoms with Crippen molar-refractivity contribution in [3.8, 4) is 0 Å². The predicted octanol–water partition coefficient (Wildman–Crippen LogP) is 0.610. The first-order valence-corrected chi connectivity index (χ1v) is 8.63. The molecule has 8 heteroatoms. The van der Waals surface area contributed by atoms with Crippen LogP contribution >= 0.6 is 0 Å². The van der Waals surface area contributed by atoms with Gasteiger partial charge in [0.15, 0.2) is 0 Å². The van der Waals surface area contributed by atoms with Crippen molar-refractivity contribution >= 4 is 19.1 Å². The number of carbonyl (C=O) groups is 2. The van der Waals surface area contributed by atoms with Gasteiger partial charge in [-0.2, -0.15) is 0 Å². The number of carbonyl (C=O) groups excluding carboxylic acids is 2. The maximum absolute atomic E-state index is 12.4. The molecule has 0 aliphatic carbocycles. The van der Waals surface area contributed by atoms with Crippen molar-refractivity contribution in [3.63, 3.8) is 0 Å². The van der Waals surface area contributed by atoms with E-state index in [2.05, 4.69) is 10.6 Å². The number of benzene rings is 2. The first kappa shape index (κ1) is 20.6. The summed E-state index contributed by atoms with van der Waals surface area (Å²) in [6.07, 6.45) is -0.757. The molecule has 2 rings (SSSR count). The zero-order valence-corrected chi connectivity index (χ0v) is 15.0. The predicted molar refractivity (Wildman–Crippen MR) is 101 cm³/mol. The molecule has 0 saturated heterocycles. The van der Waals surface area contributed by atoms with Gasteiger partial charge in [-0.3, -0.25) is 9.59 Å². The number of nitrogens with one attached hydrogen (secondary N) is 2. The first-order chi connectivity index (χ1) is 13.0. The summed E-state index contributed by atoms with van der Waals surface area (Å²) in [4.78, 5) is 24.6. The average Bonchev–Trinajstić information content (AvgIpc) is 2.66. The standard InChI is InChI=1S/C19H23BN2O5/c1-14(18(23)21-13-16-10-6-3-7-11-16)19(24)22-17(27-20(25)26)12-15-8-4-2-5-9-15/h2-11,14,17,25-26H,12-13H2,1H3,(H,21,23)(H,22,24)/t14?,17-/m1/s1. The third kappa shape index (κ3) is 7.22. The third-order valence-electron chi connectivity index (χ3n) is 3.95. The third-order valence-corrected chi connectivity index (χ3v) is 3.95. The molecule has 0 aliphatic heterocycles. The van der Waals surface area contributed by atoms with Gasteiger partial charge in [-0.1, -0.05) is 60.7 Å². The van der Waals surface area contributed by atoms with Crippen LogP contribution in [0.1, 0.15) is 18.1 Å². The molecule has 27 heavy (non-hydrogen) atoms. The maximum atomic E-state index is 12.4. The molecule has 142 valence electrons. The van der Waals surface area contributed by atoms with Gasteiger partial charge in [-0.25, -0.2) is 0 Å². The molecular formula is C19H23BN2O5. The minimum Gasteiger partial charge on any atom is -0.402 e. The Kier molecular flexibility index (Phi) is 8.00. The summed E-state index contributed by atoms with van der Waals surface area (Å²) in [5, 5.41) is 23.4. The fourth-order valence-corrected chi connectivity index (χ4v) is 2.45. The Hall–Kier alpha value is -2.68. The Labute approximate surface area is 158 Å². The number of amides is 2. The quantitative estimate of drug-likeness (QED) is 0.294. The minimum absolute atomic E-state index is 0.225. The highest BCUT2D eigenvalue weighted by Gasteiger charge is 2.26. The van der Waals surface area contributed by atoms with Crippen molar-refractivity contribution in [1.82, 2.24) is 10.6 Å². The summed E-state index contributed by atoms with van der Waals surface area (Å²) in [6, 6.07) is 18.5. The molecule has 0 aliphatic rings. The average molecular weight is 370 g/mol. The molecule has 2 aromatic rings. The van der Waals surface area contributed by atoms with Crippen LogP contribution in [0.25, 0.3) is 0 Å². The van der Waals surface area contributed by atoms with Crippen LogP contribution < -0.4 is 10.6 Å². The molecule has 7 nitrogen and oxygen atoms in total. The summed E-state index contributed by atoms with van der Waals surface area (Å²) in [5.74, 6) is -1.96. The molecule has 4 N–H and O–H groups in total. The lowest BCUT2D eigenvalue weighted by molar-refractivity contribution is -0.136. The first-order valence-electron chi connectivity index (χ1n) is 8.63. The molecular weight excluding hydrogens is 347 g/mol. The summed E-state index contributed by atoms with van der Waals surface area (Å²) >= 11 is 0. The second-order valence-corrected chi connectivity index (χ2v) is 6.07. The number of rotatable bonds is 9. The van der Waals surface area contributed by atoms with E-state index < -0.39 is 31.3 Å². The highest BCUT2D eigenvalue weighted by Crippen LogP contribution is 2.07. The molecule has 0 bridgehead atoms. The molecule has 0 aromatic heterocycles. The van der Waals surface area contributed by atoms with E-state index in [0.29, 0.717) is 6.54 Å². The van der Waals surface area contributed by atoms with Gasteiger partial charge < -0.3 is 25.3 Å². The van der Waals surface area contributed by atoms with Gasteiger partial charge in [-0.15, -0.1) is 0 Å². The molecule has 1 unspecified atom stereocenters. The van der Waals surface area contributed by atoms with Crippen LogP contribution in [0.3, 0.4) is 0 Å². The van der Waals surface area contributed by atoms with Gasteiger partial charge in [0.2, 0.25) is 11.8 Å². The highest BCUT2D eigenvalue weighted by atomic mass is 16.6. The lowest BCUT2D eigenvalue weighted by atomic mass is 10.1. The molecule has 0 fully saturated rings. The molecule has 2 atom stereocenters. The maximum Gasteiger partial charge on any atom is 0.635 e. The van der Waals surface area contributed by atoms with Crippen LogP contribution in [-0.4, -0.2) is 35.4 Å². The Bertz CT molecular complexity index is 727. The molecule has 0 saturated carbocycles. The van der Waals surface area contributed by atoms with Gasteiger partial charge in [0.1, 0.15) is 12.1 Å². The molecule has 0 heterocycles. The second kappa shape index (κ2) is 10.5. The SMILES string of the molecule is CC(C(=O)NCc1ccccc1)C(=O)N[C@@H](Cc1ccccc1)OB(O)O. The zero-order chi connectivity index (χ0) is 19.6. The van der Waals surface area contributed by atoms with Gasteiger partial charge in [0.05, 0.1) is 0 Å². The van der Waals surface area contributed by atoms with Gasteiger partial charge in [0, 0.05) is 13.0 Å². The van der Waals surface area contributed by atoms with E-state index in [4.69, 9.17) is 14.7 Å². The normalized spacial score (nSPS) is 12.7. The number of hydrogen-bond donors (Lipinski definition) is 4. The fraction of sp³-hybridized carbons (Fsp3) is 0.263. The largest absolute Gasteiger partial charge is 0.635 e. The van der Waals surface area contributed by atoms with E-state index in [0.717, 1.165) is 11.1 Å². The van der Waals surface area contributed by atoms with Gasteiger partial charge in [-0.05, 0) is 18.1 Å². The summed E-state index contributed by atoms with van der Waals surface area (Å²) in [5.41, 5.74) is 1.76. The van der Waals surface area contributed by atoms with Crippen LogP contribution in [0.2, 0.25) is 0 Å². The van der Waals surface area contributed by atoms with E-state index in [-0.39, 0.29) is 6.42 Å². The molecule has 2 aromatic carbocycles. The van der Waals surface area contributed by atoms with Crippen molar-refractivity contribution in [2.24, 2.45) is 5.92 Å². The summed E-state index contributed by atoms with van der Waals surface area (Å²) in [6.45, 7) is 1.79. The van der Waals surface area contributed by atoms with E-state index in [1.165, 1.54) is 6.92 Å². The van der Waals surface area contributed by atoms with Crippen molar-refractivity contribution in [3.05, 3.63) is 71.8 Å². The summed E-state index contributed by atoms with van der Waals surface area (Å²) in [7, 11) is -2.04. The fourth-order valence-electron chi connectivity index (χ4n) is 2.45. The van der Waals surface area contributed by atoms with Gasteiger partial charge in [0.25, 0.3) is 0 Å². The van der Waals surface area contributed by atoms with E-state index in [9.17, 15) is 9.59 Å². The molecule has 2 amide bonds. The van der Waals surface area contributed by atoms with Crippen LogP contribution in [-0.2, 0) is 27.2 Å². The number of hydrogen-bond acceptors (Lipinski definition) is 5. The van der Waals surface area contributed by atoms with Crippen LogP contribution in [0.4, 0.5) is 0 Å². The lowest BCUT2D eigenvalue weighted by Crippen LogP contribution is -2.47. The van der Waals surface area contributed by atoms with Crippen LogP contribution in [0.15, 0.2) is 60.7 Å². The van der Waals surface area contributed by atoms with E-state index in [1.807, 2.05) is 60.7 Å². The Morgan fingerprint density at radius 1 is 0.963 bits per heavy atom. The molecule has 0 spiro atoms. The monoisotopic (exact) mass is 370 g/mol. The van der Waals surface area contributed by atoms with Crippen LogP contribution in [0.5, 0.6) is 0 Å².